The van der Waals surface area contributed by atoms with E-state index in [-0.39, 0.29) is 12.5 Å². The van der Waals surface area contributed by atoms with Crippen LogP contribution >= 0.6 is 11.3 Å². The van der Waals surface area contributed by atoms with Crippen molar-refractivity contribution in [1.29, 1.82) is 0 Å². The van der Waals surface area contributed by atoms with Crippen LogP contribution in [-0.2, 0) is 11.3 Å². The maximum atomic E-state index is 12.4. The molecule has 0 unspecified atom stereocenters. The maximum Gasteiger partial charge on any atom is 0.260 e. The zero-order valence-electron chi connectivity index (χ0n) is 16.4. The summed E-state index contributed by atoms with van der Waals surface area (Å²) in [4.78, 5) is 18.5. The topological polar surface area (TPSA) is 60.9 Å². The molecule has 0 N–H and O–H groups in total. The summed E-state index contributed by atoms with van der Waals surface area (Å²) in [5.41, 5.74) is 3.03. The zero-order chi connectivity index (χ0) is 20.2. The van der Waals surface area contributed by atoms with Gasteiger partial charge in [0.15, 0.2) is 18.1 Å². The highest BCUT2D eigenvalue weighted by atomic mass is 32.1. The van der Waals surface area contributed by atoms with Crippen LogP contribution in [-0.4, -0.2) is 42.7 Å². The highest BCUT2D eigenvalue weighted by Gasteiger charge is 2.15. The van der Waals surface area contributed by atoms with Gasteiger partial charge in [-0.25, -0.2) is 4.98 Å². The van der Waals surface area contributed by atoms with Gasteiger partial charge >= 0.3 is 0 Å². The van der Waals surface area contributed by atoms with E-state index < -0.39 is 0 Å². The van der Waals surface area contributed by atoms with Crippen molar-refractivity contribution in [3.63, 3.8) is 0 Å². The van der Waals surface area contributed by atoms with Gasteiger partial charge in [-0.2, -0.15) is 0 Å². The number of likely N-dealkylation sites (N-methyl/N-ethyl adjacent to an activating group) is 1. The normalized spacial score (nSPS) is 12.5. The summed E-state index contributed by atoms with van der Waals surface area (Å²) in [5.74, 6) is 2.03. The number of hydrogen-bond donors (Lipinski definition) is 0. The molecule has 0 saturated carbocycles. The van der Waals surface area contributed by atoms with Crippen molar-refractivity contribution in [2.24, 2.45) is 0 Å². The summed E-state index contributed by atoms with van der Waals surface area (Å²) in [6, 6.07) is 13.4. The third kappa shape index (κ3) is 4.68. The van der Waals surface area contributed by atoms with Gasteiger partial charge in [0, 0.05) is 30.2 Å². The van der Waals surface area contributed by atoms with Crippen molar-refractivity contribution in [3.05, 3.63) is 59.1 Å². The van der Waals surface area contributed by atoms with Gasteiger partial charge in [-0.1, -0.05) is 6.07 Å². The van der Waals surface area contributed by atoms with E-state index in [0.717, 1.165) is 33.3 Å². The summed E-state index contributed by atoms with van der Waals surface area (Å²) in [7, 11) is 1.76. The molecule has 29 heavy (non-hydrogen) atoms. The minimum atomic E-state index is -0.0977. The average Bonchev–Trinajstić information content (AvgIpc) is 3.18. The number of carbonyl (C=O) groups excluding carboxylic acids is 1. The fourth-order valence-corrected chi connectivity index (χ4v) is 3.79. The number of carbonyl (C=O) groups is 1. The fourth-order valence-electron chi connectivity index (χ4n) is 2.98. The van der Waals surface area contributed by atoms with Gasteiger partial charge in [-0.3, -0.25) is 4.79 Å². The minimum Gasteiger partial charge on any atom is -0.486 e. The molecule has 0 fully saturated rings. The van der Waals surface area contributed by atoms with Crippen molar-refractivity contribution in [1.82, 2.24) is 9.88 Å². The van der Waals surface area contributed by atoms with Crippen molar-refractivity contribution >= 4 is 17.2 Å². The molecule has 6 nitrogen and oxygen atoms in total. The predicted octanol–water partition coefficient (Wildman–Crippen LogP) is 3.93. The summed E-state index contributed by atoms with van der Waals surface area (Å²) >= 11 is 1.61. The molecule has 150 valence electrons. The summed E-state index contributed by atoms with van der Waals surface area (Å²) < 4.78 is 16.8. The molecule has 0 atom stereocenters. The monoisotopic (exact) mass is 410 g/mol. The van der Waals surface area contributed by atoms with E-state index in [2.05, 4.69) is 4.98 Å². The largest absolute Gasteiger partial charge is 0.486 e. The smallest absolute Gasteiger partial charge is 0.260 e. The van der Waals surface area contributed by atoms with Gasteiger partial charge in [-0.15, -0.1) is 11.3 Å². The molecule has 0 aliphatic carbocycles. The molecule has 0 spiro atoms. The fraction of sp³-hybridized carbons (Fsp3) is 0.273. The van der Waals surface area contributed by atoms with Gasteiger partial charge in [-0.05, 0) is 48.9 Å². The van der Waals surface area contributed by atoms with E-state index in [1.54, 1.807) is 23.3 Å². The first-order valence-electron chi connectivity index (χ1n) is 9.36. The highest BCUT2D eigenvalue weighted by molar-refractivity contribution is 7.13. The van der Waals surface area contributed by atoms with Gasteiger partial charge in [0.25, 0.3) is 5.91 Å². The van der Waals surface area contributed by atoms with Crippen LogP contribution in [0.25, 0.3) is 10.6 Å². The number of aromatic nitrogens is 1. The molecular formula is C22H22N2O4S. The SMILES string of the molecule is Cc1csc(-c2ccc(OCC(=O)N(C)Cc3ccc4c(c3)OCCO4)cc2)n1. The molecule has 0 radical (unpaired) electrons. The van der Waals surface area contributed by atoms with Crippen LogP contribution in [0.2, 0.25) is 0 Å². The lowest BCUT2D eigenvalue weighted by Gasteiger charge is -2.21. The number of nitrogens with zero attached hydrogens (tertiary/aromatic N) is 2. The molecule has 1 amide bonds. The van der Waals surface area contributed by atoms with Gasteiger partial charge in [0.05, 0.1) is 0 Å². The number of benzene rings is 2. The number of aryl methyl sites for hydroxylation is 1. The molecule has 2 aromatic carbocycles. The lowest BCUT2D eigenvalue weighted by molar-refractivity contribution is -0.132. The summed E-state index contributed by atoms with van der Waals surface area (Å²) in [6.45, 7) is 3.54. The standard InChI is InChI=1S/C22H22N2O4S/c1-15-14-29-22(23-15)17-4-6-18(7-5-17)28-13-21(25)24(2)12-16-3-8-19-20(11-16)27-10-9-26-19/h3-8,11,14H,9-10,12-13H2,1-2H3. The van der Waals surface area contributed by atoms with Gasteiger partial charge in [0.1, 0.15) is 24.0 Å². The Balaban J connectivity index is 1.31. The van der Waals surface area contributed by atoms with Crippen LogP contribution < -0.4 is 14.2 Å². The minimum absolute atomic E-state index is 0.0171. The van der Waals surface area contributed by atoms with Crippen molar-refractivity contribution in [2.45, 2.75) is 13.5 Å². The molecule has 2 heterocycles. The zero-order valence-corrected chi connectivity index (χ0v) is 17.2. The first kappa shape index (κ1) is 19.3. The van der Waals surface area contributed by atoms with E-state index in [4.69, 9.17) is 14.2 Å². The van der Waals surface area contributed by atoms with Crippen LogP contribution in [0.4, 0.5) is 0 Å². The van der Waals surface area contributed by atoms with Crippen LogP contribution in [0, 0.1) is 6.92 Å². The van der Waals surface area contributed by atoms with E-state index in [1.165, 1.54) is 0 Å². The second-order valence-electron chi connectivity index (χ2n) is 6.83. The first-order chi connectivity index (χ1) is 14.1. The Morgan fingerprint density at radius 3 is 2.62 bits per heavy atom. The number of hydrogen-bond acceptors (Lipinski definition) is 6. The Bertz CT molecular complexity index is 1000. The molecular weight excluding hydrogens is 388 g/mol. The average molecular weight is 410 g/mol. The Kier molecular flexibility index (Phi) is 5.67. The van der Waals surface area contributed by atoms with Gasteiger partial charge in [0.2, 0.25) is 0 Å². The van der Waals surface area contributed by atoms with Crippen LogP contribution in [0.15, 0.2) is 47.8 Å². The van der Waals surface area contributed by atoms with Crippen LogP contribution in [0.1, 0.15) is 11.3 Å². The predicted molar refractivity (Wildman–Crippen MR) is 112 cm³/mol. The van der Waals surface area contributed by atoms with E-state index in [0.29, 0.717) is 25.5 Å². The van der Waals surface area contributed by atoms with E-state index in [1.807, 2.05) is 54.8 Å². The summed E-state index contributed by atoms with van der Waals surface area (Å²) in [6.07, 6.45) is 0. The van der Waals surface area contributed by atoms with Gasteiger partial charge < -0.3 is 19.1 Å². The molecule has 7 heteroatoms. The molecule has 0 bridgehead atoms. The lowest BCUT2D eigenvalue weighted by Crippen LogP contribution is -2.31. The Morgan fingerprint density at radius 2 is 1.90 bits per heavy atom. The van der Waals surface area contributed by atoms with Crippen molar-refractivity contribution in [3.8, 4) is 27.8 Å². The molecule has 4 rings (SSSR count). The molecule has 0 saturated heterocycles. The number of ether oxygens (including phenoxy) is 3. The number of amides is 1. The first-order valence-corrected chi connectivity index (χ1v) is 10.2. The maximum absolute atomic E-state index is 12.4. The Morgan fingerprint density at radius 1 is 1.14 bits per heavy atom. The highest BCUT2D eigenvalue weighted by Crippen LogP contribution is 2.31. The van der Waals surface area contributed by atoms with Crippen LogP contribution in [0.3, 0.4) is 0 Å². The third-order valence-corrected chi connectivity index (χ3v) is 5.54. The molecule has 3 aromatic rings. The van der Waals surface area contributed by atoms with Crippen LogP contribution in [0.5, 0.6) is 17.2 Å². The summed E-state index contributed by atoms with van der Waals surface area (Å²) in [5, 5.41) is 3.00. The van der Waals surface area contributed by atoms with E-state index in [9.17, 15) is 4.79 Å². The lowest BCUT2D eigenvalue weighted by atomic mass is 10.2. The Labute approximate surface area is 173 Å². The molecule has 1 aliphatic heterocycles. The molecule has 1 aromatic heterocycles. The molecule has 1 aliphatic rings. The number of thiazole rings is 1. The van der Waals surface area contributed by atoms with Crippen molar-refractivity contribution < 1.29 is 19.0 Å². The van der Waals surface area contributed by atoms with Crippen molar-refractivity contribution in [2.75, 3.05) is 26.9 Å². The number of fused-ring (bicyclic) bond motifs is 1. The number of rotatable bonds is 6. The quantitative estimate of drug-likeness (QED) is 0.616. The third-order valence-electron chi connectivity index (χ3n) is 4.53. The second-order valence-corrected chi connectivity index (χ2v) is 7.69. The Hall–Kier alpha value is -3.06. The second kappa shape index (κ2) is 8.53. The van der Waals surface area contributed by atoms with E-state index >= 15 is 0 Å².